The molecule has 0 aromatic carbocycles. The van der Waals surface area contributed by atoms with Crippen LogP contribution in [0.3, 0.4) is 0 Å². The first-order chi connectivity index (χ1) is 3.29. The molecule has 0 radical (unpaired) electrons. The van der Waals surface area contributed by atoms with Crippen molar-refractivity contribution in [2.75, 3.05) is 20.8 Å². The Morgan fingerprint density at radius 2 is 1.50 bits per heavy atom. The van der Waals surface area contributed by atoms with E-state index >= 15 is 0 Å². The van der Waals surface area contributed by atoms with Crippen molar-refractivity contribution in [1.29, 1.82) is 0 Å². The van der Waals surface area contributed by atoms with Gasteiger partial charge in [0.2, 0.25) is 0 Å². The molecule has 0 fully saturated rings. The fraction of sp³-hybridized carbons (Fsp3) is 0.600. The van der Waals surface area contributed by atoms with E-state index in [0.29, 0.717) is 0 Å². The Morgan fingerprint density at radius 3 is 1.62 bits per heavy atom. The van der Waals surface area contributed by atoms with Crippen molar-refractivity contribution < 1.29 is 0 Å². The van der Waals surface area contributed by atoms with E-state index in [1.165, 1.54) is 0 Å². The topological polar surface area (TPSA) is 6.48 Å². The van der Waals surface area contributed by atoms with E-state index in [9.17, 15) is 0 Å². The second-order valence-corrected chi connectivity index (χ2v) is 1.95. The van der Waals surface area contributed by atoms with Crippen LogP contribution in [0.5, 0.6) is 0 Å². The van der Waals surface area contributed by atoms with Gasteiger partial charge in [-0.2, -0.15) is 0 Å². The lowest BCUT2D eigenvalue weighted by Gasteiger charge is -2.10. The molecule has 0 amide bonds. The fourth-order valence-electron chi connectivity index (χ4n) is 0.674. The molecular weight excluding hydrogens is 124 g/mol. The van der Waals surface area contributed by atoms with Crippen molar-refractivity contribution in [3.63, 3.8) is 0 Å². The van der Waals surface area contributed by atoms with Crippen LogP contribution in [0, 0.1) is 0 Å². The zero-order chi connectivity index (χ0) is 5.28. The Morgan fingerprint density at radius 1 is 1.12 bits per heavy atom. The maximum Gasteiger partial charge on any atom is 0.0887 e. The van der Waals surface area contributed by atoms with Gasteiger partial charge < -0.3 is 9.80 Å². The normalized spacial score (nSPS) is 16.8. The summed E-state index contributed by atoms with van der Waals surface area (Å²) in [4.78, 5) is 4.25. The van der Waals surface area contributed by atoms with Gasteiger partial charge in [-0.25, -0.2) is 0 Å². The Bertz CT molecular complexity index is 82.4. The van der Waals surface area contributed by atoms with Crippen molar-refractivity contribution in [2.45, 2.75) is 0 Å². The average molecular weight is 135 g/mol. The van der Waals surface area contributed by atoms with E-state index in [1.54, 1.807) is 0 Å². The standard InChI is InChI=1S/C5H10N2.ClH/c1-6-3-4-7(2)5-6;/h3-4H,5H2,1-2H3;1H. The molecule has 1 aliphatic heterocycles. The SMILES string of the molecule is CN1C=CN(C)C1.Cl. The van der Waals surface area contributed by atoms with Gasteiger partial charge in [0.1, 0.15) is 0 Å². The summed E-state index contributed by atoms with van der Waals surface area (Å²) in [6.07, 6.45) is 4.11. The zero-order valence-corrected chi connectivity index (χ0v) is 5.98. The predicted molar refractivity (Wildman–Crippen MR) is 36.8 cm³/mol. The first-order valence-corrected chi connectivity index (χ1v) is 2.38. The fourth-order valence-corrected chi connectivity index (χ4v) is 0.674. The Kier molecular flexibility index (Phi) is 2.69. The Balaban J connectivity index is 0.000000490. The molecule has 0 saturated heterocycles. The lowest BCUT2D eigenvalue weighted by atomic mass is 10.9. The van der Waals surface area contributed by atoms with Crippen molar-refractivity contribution in [1.82, 2.24) is 9.80 Å². The predicted octanol–water partition coefficient (Wildman–Crippen LogP) is 0.714. The third-order valence-corrected chi connectivity index (χ3v) is 1.02. The van der Waals surface area contributed by atoms with Gasteiger partial charge in [0.25, 0.3) is 0 Å². The molecule has 0 aliphatic carbocycles. The maximum absolute atomic E-state index is 2.12. The van der Waals surface area contributed by atoms with Crippen molar-refractivity contribution >= 4 is 12.4 Å². The minimum atomic E-state index is 0. The molecule has 0 atom stereocenters. The summed E-state index contributed by atoms with van der Waals surface area (Å²) in [5, 5.41) is 0. The molecule has 0 spiro atoms. The van der Waals surface area contributed by atoms with Crippen LogP contribution >= 0.6 is 12.4 Å². The molecule has 0 aromatic rings. The third kappa shape index (κ3) is 1.62. The quantitative estimate of drug-likeness (QED) is 0.482. The summed E-state index contributed by atoms with van der Waals surface area (Å²) in [7, 11) is 4.11. The molecule has 1 aliphatic rings. The van der Waals surface area contributed by atoms with Gasteiger partial charge in [-0.3, -0.25) is 0 Å². The van der Waals surface area contributed by atoms with Gasteiger partial charge in [0.05, 0.1) is 6.67 Å². The van der Waals surface area contributed by atoms with Gasteiger partial charge in [-0.05, 0) is 0 Å². The molecule has 0 aromatic heterocycles. The molecule has 2 nitrogen and oxygen atoms in total. The van der Waals surface area contributed by atoms with Gasteiger partial charge in [0.15, 0.2) is 0 Å². The minimum Gasteiger partial charge on any atom is -0.362 e. The van der Waals surface area contributed by atoms with Crippen molar-refractivity contribution in [3.8, 4) is 0 Å². The molecule has 1 rings (SSSR count). The first-order valence-electron chi connectivity index (χ1n) is 2.38. The second kappa shape index (κ2) is 2.82. The van der Waals surface area contributed by atoms with E-state index in [4.69, 9.17) is 0 Å². The number of halogens is 1. The van der Waals surface area contributed by atoms with Crippen LogP contribution in [-0.2, 0) is 0 Å². The largest absolute Gasteiger partial charge is 0.362 e. The van der Waals surface area contributed by atoms with E-state index in [-0.39, 0.29) is 12.4 Å². The third-order valence-electron chi connectivity index (χ3n) is 1.02. The number of hydrogen-bond acceptors (Lipinski definition) is 2. The molecule has 0 N–H and O–H groups in total. The lowest BCUT2D eigenvalue weighted by Crippen LogP contribution is -2.17. The summed E-state index contributed by atoms with van der Waals surface area (Å²) < 4.78 is 0. The van der Waals surface area contributed by atoms with Crippen LogP contribution < -0.4 is 0 Å². The monoisotopic (exact) mass is 134 g/mol. The Hall–Kier alpha value is -0.370. The smallest absolute Gasteiger partial charge is 0.0887 e. The molecular formula is C5H11ClN2. The highest BCUT2D eigenvalue weighted by Crippen LogP contribution is 1.97. The summed E-state index contributed by atoms with van der Waals surface area (Å²) in [5.74, 6) is 0. The highest BCUT2D eigenvalue weighted by molar-refractivity contribution is 5.85. The van der Waals surface area contributed by atoms with Crippen molar-refractivity contribution in [2.24, 2.45) is 0 Å². The summed E-state index contributed by atoms with van der Waals surface area (Å²) >= 11 is 0. The summed E-state index contributed by atoms with van der Waals surface area (Å²) in [5.41, 5.74) is 0. The molecule has 3 heteroatoms. The van der Waals surface area contributed by atoms with Gasteiger partial charge in [-0.1, -0.05) is 0 Å². The summed E-state index contributed by atoms with van der Waals surface area (Å²) in [6.45, 7) is 1.03. The highest BCUT2D eigenvalue weighted by Gasteiger charge is 1.99. The molecule has 8 heavy (non-hydrogen) atoms. The van der Waals surface area contributed by atoms with Gasteiger partial charge in [0, 0.05) is 26.5 Å². The number of rotatable bonds is 0. The molecule has 0 unspecified atom stereocenters. The van der Waals surface area contributed by atoms with Gasteiger partial charge in [-0.15, -0.1) is 12.4 Å². The second-order valence-electron chi connectivity index (χ2n) is 1.95. The number of hydrogen-bond donors (Lipinski definition) is 0. The van der Waals surface area contributed by atoms with Crippen molar-refractivity contribution in [3.05, 3.63) is 12.4 Å². The molecule has 48 valence electrons. The van der Waals surface area contributed by atoms with E-state index < -0.39 is 0 Å². The molecule has 1 heterocycles. The molecule has 0 saturated carbocycles. The first kappa shape index (κ1) is 7.63. The van der Waals surface area contributed by atoms with Crippen LogP contribution in [0.25, 0.3) is 0 Å². The van der Waals surface area contributed by atoms with Crippen LogP contribution in [0.15, 0.2) is 12.4 Å². The van der Waals surface area contributed by atoms with Crippen LogP contribution in [0.2, 0.25) is 0 Å². The lowest BCUT2D eigenvalue weighted by molar-refractivity contribution is 0.340. The van der Waals surface area contributed by atoms with Crippen LogP contribution in [-0.4, -0.2) is 30.6 Å². The molecule has 0 bridgehead atoms. The van der Waals surface area contributed by atoms with Gasteiger partial charge >= 0.3 is 0 Å². The van der Waals surface area contributed by atoms with E-state index in [2.05, 4.69) is 36.3 Å². The Labute approximate surface area is 56.2 Å². The van der Waals surface area contributed by atoms with E-state index in [1.807, 2.05) is 0 Å². The minimum absolute atomic E-state index is 0. The maximum atomic E-state index is 2.12. The average Bonchev–Trinajstić information content (AvgIpc) is 1.87. The van der Waals surface area contributed by atoms with Crippen LogP contribution in [0.4, 0.5) is 0 Å². The zero-order valence-electron chi connectivity index (χ0n) is 5.16. The summed E-state index contributed by atoms with van der Waals surface area (Å²) in [6, 6.07) is 0. The van der Waals surface area contributed by atoms with Crippen LogP contribution in [0.1, 0.15) is 0 Å². The highest BCUT2D eigenvalue weighted by atomic mass is 35.5. The number of nitrogens with zero attached hydrogens (tertiary/aromatic N) is 2. The van der Waals surface area contributed by atoms with E-state index in [0.717, 1.165) is 6.67 Å².